The molecule has 0 radical (unpaired) electrons. The van der Waals surface area contributed by atoms with Crippen LogP contribution in [0.2, 0.25) is 0 Å². The van der Waals surface area contributed by atoms with E-state index in [0.29, 0.717) is 40.6 Å². The van der Waals surface area contributed by atoms with Crippen molar-refractivity contribution in [2.24, 2.45) is 0 Å². The molecule has 3 unspecified atom stereocenters. The largest absolute Gasteiger partial charge is 0.318 e. The fraction of sp³-hybridized carbons (Fsp3) is 0.172. The molecule has 1 N–H and O–H groups in total. The summed E-state index contributed by atoms with van der Waals surface area (Å²) in [6, 6.07) is 6.93. The molecular weight excluding hydrogens is 587 g/mol. The highest BCUT2D eigenvalue weighted by molar-refractivity contribution is 7.37. The van der Waals surface area contributed by atoms with Crippen molar-refractivity contribution in [1.82, 2.24) is 34.7 Å². The number of amides is 2. The molecule has 216 valence electrons. The Balaban J connectivity index is 1.16. The Hall–Kier alpha value is -4.53. The lowest BCUT2D eigenvalue weighted by molar-refractivity contribution is 0.0988. The third-order valence-corrected chi connectivity index (χ3v) is 7.87. The second kappa shape index (κ2) is 11.6. The van der Waals surface area contributed by atoms with Gasteiger partial charge in [0.25, 0.3) is 11.8 Å². The Morgan fingerprint density at radius 1 is 1.07 bits per heavy atom. The average molecular weight is 614 g/mol. The minimum Gasteiger partial charge on any atom is -0.318 e. The fourth-order valence-corrected chi connectivity index (χ4v) is 5.32. The van der Waals surface area contributed by atoms with Gasteiger partial charge in [0.05, 0.1) is 42.6 Å². The lowest BCUT2D eigenvalue weighted by Gasteiger charge is -2.15. The smallest absolute Gasteiger partial charge is 0.279 e. The second-order valence-corrected chi connectivity index (χ2v) is 12.2. The molecule has 0 bridgehead atoms. The maximum Gasteiger partial charge on any atom is 0.279 e. The summed E-state index contributed by atoms with van der Waals surface area (Å²) in [7, 11) is 5.24. The molecule has 11 nitrogen and oxygen atoms in total. The first-order chi connectivity index (χ1) is 20.7. The van der Waals surface area contributed by atoms with Crippen LogP contribution in [0.25, 0.3) is 11.3 Å². The van der Waals surface area contributed by atoms with Crippen LogP contribution in [0.1, 0.15) is 61.6 Å². The van der Waals surface area contributed by atoms with Gasteiger partial charge in [-0.15, -0.1) is 18.5 Å². The Labute approximate surface area is 250 Å². The van der Waals surface area contributed by atoms with Gasteiger partial charge in [-0.25, -0.2) is 19.3 Å². The molecule has 43 heavy (non-hydrogen) atoms. The Kier molecular flexibility index (Phi) is 7.73. The summed E-state index contributed by atoms with van der Waals surface area (Å²) < 4.78 is 16.8. The number of aromatic nitrogens is 7. The van der Waals surface area contributed by atoms with Gasteiger partial charge in [0, 0.05) is 46.9 Å². The minimum absolute atomic E-state index is 0.0343. The van der Waals surface area contributed by atoms with Crippen molar-refractivity contribution in [2.45, 2.75) is 31.8 Å². The molecule has 1 aliphatic heterocycles. The third-order valence-electron chi connectivity index (χ3n) is 7.16. The van der Waals surface area contributed by atoms with Crippen molar-refractivity contribution in [3.63, 3.8) is 0 Å². The molecule has 0 saturated heterocycles. The van der Waals surface area contributed by atoms with Crippen molar-refractivity contribution < 1.29 is 14.0 Å². The van der Waals surface area contributed by atoms with E-state index in [-0.39, 0.29) is 28.7 Å². The van der Waals surface area contributed by atoms with E-state index in [4.69, 9.17) is 0 Å². The van der Waals surface area contributed by atoms with Gasteiger partial charge >= 0.3 is 0 Å². The number of anilines is 2. The summed E-state index contributed by atoms with van der Waals surface area (Å²) >= 11 is 0. The predicted molar refractivity (Wildman–Crippen MR) is 165 cm³/mol. The lowest BCUT2D eigenvalue weighted by atomic mass is 10.0. The van der Waals surface area contributed by atoms with Crippen LogP contribution >= 0.6 is 18.5 Å². The Morgan fingerprint density at radius 3 is 2.60 bits per heavy atom. The monoisotopic (exact) mass is 613 g/mol. The summed E-state index contributed by atoms with van der Waals surface area (Å²) in [4.78, 5) is 48.8. The molecule has 3 atom stereocenters. The highest BCUT2D eigenvalue weighted by Crippen LogP contribution is 2.38. The lowest BCUT2D eigenvalue weighted by Crippen LogP contribution is -2.25. The van der Waals surface area contributed by atoms with E-state index in [1.807, 2.05) is 19.1 Å². The van der Waals surface area contributed by atoms with Crippen molar-refractivity contribution in [3.8, 4) is 11.3 Å². The molecule has 5 heterocycles. The van der Waals surface area contributed by atoms with E-state index in [0.717, 1.165) is 11.1 Å². The van der Waals surface area contributed by atoms with E-state index in [2.05, 4.69) is 53.8 Å². The van der Waals surface area contributed by atoms with Crippen LogP contribution < -0.4 is 10.2 Å². The van der Waals surface area contributed by atoms with Crippen LogP contribution in [0.5, 0.6) is 0 Å². The zero-order chi connectivity index (χ0) is 30.2. The number of rotatable bonds is 7. The number of carbonyl (C=O) groups excluding carboxylic acids is 2. The van der Waals surface area contributed by atoms with E-state index < -0.39 is 11.7 Å². The summed E-state index contributed by atoms with van der Waals surface area (Å²) in [5.74, 6) is -0.857. The molecule has 4 aromatic heterocycles. The van der Waals surface area contributed by atoms with Crippen molar-refractivity contribution >= 4 is 41.9 Å². The number of hydrogen-bond donors (Lipinski definition) is 1. The molecule has 1 aromatic carbocycles. The summed E-state index contributed by atoms with van der Waals surface area (Å²) in [5.41, 5.74) is 4.23. The van der Waals surface area contributed by atoms with Gasteiger partial charge in [-0.3, -0.25) is 29.1 Å². The maximum atomic E-state index is 15.2. The second-order valence-electron chi connectivity index (χ2n) is 10.0. The molecule has 0 spiro atoms. The summed E-state index contributed by atoms with van der Waals surface area (Å²) in [6.07, 6.45) is 10.8. The molecule has 14 heteroatoms. The van der Waals surface area contributed by atoms with Crippen LogP contribution in [0.15, 0.2) is 67.6 Å². The Bertz CT molecular complexity index is 1860. The number of nitrogens with one attached hydrogen (secondary N) is 1. The van der Waals surface area contributed by atoms with Crippen LogP contribution in [0, 0.1) is 12.7 Å². The van der Waals surface area contributed by atoms with Crippen LogP contribution in [0.4, 0.5) is 16.0 Å². The van der Waals surface area contributed by atoms with Gasteiger partial charge in [-0.05, 0) is 31.0 Å². The highest BCUT2D eigenvalue weighted by atomic mass is 31.1. The van der Waals surface area contributed by atoms with Crippen LogP contribution in [0.3, 0.4) is 0 Å². The van der Waals surface area contributed by atoms with Crippen molar-refractivity contribution in [2.75, 3.05) is 10.2 Å². The van der Waals surface area contributed by atoms with Gasteiger partial charge in [0.15, 0.2) is 0 Å². The number of nitrogens with zero attached hydrogens (tertiary/aromatic N) is 8. The SMILES string of the molecule is Cc1ccc(C(P)P)c(-c2cncc(C(=O)Nc3cnn(C(C)c4cnc(N5Cc6cccnc6C5=O)nc4)c3)n2)c1F. The first kappa shape index (κ1) is 28.6. The van der Waals surface area contributed by atoms with E-state index in [1.54, 1.807) is 48.5 Å². The van der Waals surface area contributed by atoms with Gasteiger partial charge in [-0.1, -0.05) is 18.2 Å². The third kappa shape index (κ3) is 5.51. The highest BCUT2D eigenvalue weighted by Gasteiger charge is 2.31. The zero-order valence-electron chi connectivity index (χ0n) is 23.1. The first-order valence-corrected chi connectivity index (χ1v) is 14.6. The quantitative estimate of drug-likeness (QED) is 0.261. The summed E-state index contributed by atoms with van der Waals surface area (Å²) in [5, 5.41) is 7.04. The van der Waals surface area contributed by atoms with Crippen molar-refractivity contribution in [3.05, 3.63) is 107 Å². The number of hydrogen-bond acceptors (Lipinski definition) is 8. The number of aryl methyl sites for hydroxylation is 1. The van der Waals surface area contributed by atoms with Crippen molar-refractivity contribution in [1.29, 1.82) is 0 Å². The summed E-state index contributed by atoms with van der Waals surface area (Å²) in [6.45, 7) is 3.95. The number of halogens is 1. The molecule has 0 fully saturated rings. The van der Waals surface area contributed by atoms with Crippen LogP contribution in [-0.2, 0) is 6.54 Å². The van der Waals surface area contributed by atoms with Crippen LogP contribution in [-0.4, -0.2) is 46.5 Å². The maximum absolute atomic E-state index is 15.2. The van der Waals surface area contributed by atoms with Gasteiger partial charge in [-0.2, -0.15) is 5.10 Å². The van der Waals surface area contributed by atoms with Gasteiger partial charge < -0.3 is 5.32 Å². The number of benzene rings is 1. The molecule has 1 aliphatic rings. The zero-order valence-corrected chi connectivity index (χ0v) is 25.4. The number of carbonyl (C=O) groups is 2. The molecular formula is C29H26FN9O2P2. The van der Waals surface area contributed by atoms with Gasteiger partial charge in [0.1, 0.15) is 17.2 Å². The fourth-order valence-electron chi connectivity index (χ4n) is 4.77. The average Bonchev–Trinajstić information content (AvgIpc) is 3.62. The standard InChI is InChI=1S/C29H26FN9O2P2/c1-15-5-6-20(28(42)43)23(24(15)30)21-11-31-12-22(37-21)26(40)36-19-10-35-39(14-19)16(2)18-8-33-29(34-9-18)38-13-17-4-3-7-32-25(17)27(38)41/h3-12,14,16,28H,13,42-43H2,1-2H3,(H,36,40). The van der Waals surface area contributed by atoms with E-state index in [9.17, 15) is 9.59 Å². The van der Waals surface area contributed by atoms with E-state index >= 15 is 4.39 Å². The van der Waals surface area contributed by atoms with Gasteiger partial charge in [0.2, 0.25) is 5.95 Å². The molecule has 0 aliphatic carbocycles. The molecule has 6 rings (SSSR count). The molecule has 2 amide bonds. The minimum atomic E-state index is -0.511. The Morgan fingerprint density at radius 2 is 1.86 bits per heavy atom. The molecule has 0 saturated carbocycles. The normalized spacial score (nSPS) is 13.3. The predicted octanol–water partition coefficient (Wildman–Crippen LogP) is 4.74. The molecule has 5 aromatic rings. The number of fused-ring (bicyclic) bond motifs is 1. The van der Waals surface area contributed by atoms with E-state index in [1.165, 1.54) is 23.5 Å². The number of pyridine rings is 1. The first-order valence-electron chi connectivity index (χ1n) is 13.3. The topological polar surface area (TPSA) is 132 Å².